The molecule has 1 aromatic carbocycles. The van der Waals surface area contributed by atoms with Crippen molar-refractivity contribution in [3.63, 3.8) is 0 Å². The predicted octanol–water partition coefficient (Wildman–Crippen LogP) is 4.91. The Bertz CT molecular complexity index is 1740. The predicted molar refractivity (Wildman–Crippen MR) is 139 cm³/mol. The number of benzene rings is 1. The van der Waals surface area contributed by atoms with E-state index in [0.29, 0.717) is 33.2 Å². The molecule has 0 saturated carbocycles. The smallest absolute Gasteiger partial charge is 0.269 e. The highest BCUT2D eigenvalue weighted by molar-refractivity contribution is 6.31. The van der Waals surface area contributed by atoms with E-state index >= 15 is 0 Å². The number of hydrogen-bond acceptors (Lipinski definition) is 7. The maximum atomic E-state index is 12.7. The van der Waals surface area contributed by atoms with E-state index in [4.69, 9.17) is 16.3 Å². The summed E-state index contributed by atoms with van der Waals surface area (Å²) in [5.74, 6) is 0.550. The average Bonchev–Trinajstić information content (AvgIpc) is 3.32. The summed E-state index contributed by atoms with van der Waals surface area (Å²) in [7, 11) is 0. The van der Waals surface area contributed by atoms with Gasteiger partial charge in [0.2, 0.25) is 0 Å². The summed E-state index contributed by atoms with van der Waals surface area (Å²) < 4.78 is 7.68. The molecule has 2 N–H and O–H groups in total. The van der Waals surface area contributed by atoms with Crippen LogP contribution in [0.15, 0.2) is 65.8 Å². The van der Waals surface area contributed by atoms with Gasteiger partial charge in [0.05, 0.1) is 23.0 Å². The van der Waals surface area contributed by atoms with Crippen molar-refractivity contribution >= 4 is 22.5 Å². The first kappa shape index (κ1) is 24.0. The molecule has 4 aromatic heterocycles. The number of H-pyrrole nitrogens is 1. The highest BCUT2D eigenvalue weighted by Crippen LogP contribution is 2.36. The van der Waals surface area contributed by atoms with Gasteiger partial charge in [0, 0.05) is 34.6 Å². The number of fused-ring (bicyclic) bond motifs is 1. The first-order valence-electron chi connectivity index (χ1n) is 11.4. The van der Waals surface area contributed by atoms with Crippen LogP contribution in [0.25, 0.3) is 22.2 Å². The number of hydrogen-bond donors (Lipinski definition) is 2. The Hall–Kier alpha value is -4.68. The summed E-state index contributed by atoms with van der Waals surface area (Å²) in [4.78, 5) is 21.9. The van der Waals surface area contributed by atoms with Crippen molar-refractivity contribution in [3.05, 3.63) is 98.9 Å². The molecule has 10 heteroatoms. The fraction of sp³-hybridized carbons (Fsp3) is 0.148. The number of rotatable bonds is 6. The highest BCUT2D eigenvalue weighted by atomic mass is 35.5. The summed E-state index contributed by atoms with van der Waals surface area (Å²) in [6.45, 7) is 3.74. The third kappa shape index (κ3) is 4.39. The van der Waals surface area contributed by atoms with Gasteiger partial charge < -0.3 is 14.4 Å². The Kier molecular flexibility index (Phi) is 6.34. The van der Waals surface area contributed by atoms with Gasteiger partial charge in [0.1, 0.15) is 35.2 Å². The number of nitriles is 1. The lowest BCUT2D eigenvalue weighted by atomic mass is 10.0. The normalized spacial score (nSPS) is 11.8. The average molecular weight is 513 g/mol. The summed E-state index contributed by atoms with van der Waals surface area (Å²) in [6.07, 6.45) is 4.61. The quantitative estimate of drug-likeness (QED) is 0.330. The van der Waals surface area contributed by atoms with Gasteiger partial charge in [-0.05, 0) is 44.2 Å². The molecule has 0 amide bonds. The van der Waals surface area contributed by atoms with Gasteiger partial charge >= 0.3 is 0 Å². The molecule has 0 spiro atoms. The van der Waals surface area contributed by atoms with Gasteiger partial charge in [-0.1, -0.05) is 23.7 Å². The number of aromatic hydroxyl groups is 1. The highest BCUT2D eigenvalue weighted by Gasteiger charge is 2.20. The summed E-state index contributed by atoms with van der Waals surface area (Å²) in [6, 6.07) is 13.6. The minimum Gasteiger partial charge on any atom is -0.504 e. The SMILES string of the molecule is Cc1cc(-c2n[nH]cc2O)c2cccc(OCc3c(Cl)ccnc3C(C)n3cccc(C#N)c3=O)c2n1. The van der Waals surface area contributed by atoms with E-state index in [2.05, 4.69) is 20.2 Å². The molecule has 0 aliphatic heterocycles. The summed E-state index contributed by atoms with van der Waals surface area (Å²) in [5, 5.41) is 27.5. The molecule has 1 unspecified atom stereocenters. The van der Waals surface area contributed by atoms with Crippen molar-refractivity contribution in [2.75, 3.05) is 0 Å². The first-order chi connectivity index (χ1) is 17.9. The second-order valence-corrected chi connectivity index (χ2v) is 8.86. The van der Waals surface area contributed by atoms with Crippen LogP contribution in [0.2, 0.25) is 5.02 Å². The third-order valence-electron chi connectivity index (χ3n) is 6.12. The molecule has 5 rings (SSSR count). The second-order valence-electron chi connectivity index (χ2n) is 8.45. The second kappa shape index (κ2) is 9.76. The zero-order valence-electron chi connectivity index (χ0n) is 19.9. The van der Waals surface area contributed by atoms with Crippen molar-refractivity contribution in [1.82, 2.24) is 24.7 Å². The minimum absolute atomic E-state index is 0.0368. The van der Waals surface area contributed by atoms with E-state index in [-0.39, 0.29) is 17.9 Å². The zero-order chi connectivity index (χ0) is 26.1. The van der Waals surface area contributed by atoms with Crippen LogP contribution in [0, 0.1) is 18.3 Å². The Labute approximate surface area is 216 Å². The molecule has 0 aliphatic rings. The molecule has 0 saturated heterocycles. The number of nitrogens with zero attached hydrogens (tertiary/aromatic N) is 5. The zero-order valence-corrected chi connectivity index (χ0v) is 20.7. The lowest BCUT2D eigenvalue weighted by molar-refractivity contribution is 0.306. The van der Waals surface area contributed by atoms with Gasteiger partial charge in [-0.3, -0.25) is 14.9 Å². The van der Waals surface area contributed by atoms with Crippen LogP contribution in [-0.4, -0.2) is 29.8 Å². The van der Waals surface area contributed by atoms with Crippen molar-refractivity contribution in [2.24, 2.45) is 0 Å². The van der Waals surface area contributed by atoms with Crippen molar-refractivity contribution in [2.45, 2.75) is 26.5 Å². The van der Waals surface area contributed by atoms with Crippen LogP contribution in [0.1, 0.15) is 35.5 Å². The number of pyridine rings is 3. The number of halogens is 1. The molecule has 1 atom stereocenters. The van der Waals surface area contributed by atoms with E-state index < -0.39 is 11.6 Å². The van der Waals surface area contributed by atoms with E-state index in [1.54, 1.807) is 30.6 Å². The molecule has 37 heavy (non-hydrogen) atoms. The van der Waals surface area contributed by atoms with Crippen LogP contribution in [-0.2, 0) is 6.61 Å². The Morgan fingerprint density at radius 1 is 1.27 bits per heavy atom. The van der Waals surface area contributed by atoms with Crippen LogP contribution in [0.5, 0.6) is 11.5 Å². The Morgan fingerprint density at radius 3 is 2.86 bits per heavy atom. The maximum absolute atomic E-state index is 12.7. The molecule has 5 aromatic rings. The van der Waals surface area contributed by atoms with Crippen LogP contribution in [0.4, 0.5) is 0 Å². The Morgan fingerprint density at radius 2 is 2.11 bits per heavy atom. The minimum atomic E-state index is -0.500. The van der Waals surface area contributed by atoms with E-state index in [1.165, 1.54) is 16.8 Å². The lowest BCUT2D eigenvalue weighted by Gasteiger charge is -2.19. The number of aryl methyl sites for hydroxylation is 1. The first-order valence-corrected chi connectivity index (χ1v) is 11.8. The fourth-order valence-corrected chi connectivity index (χ4v) is 4.52. The van der Waals surface area contributed by atoms with Crippen molar-refractivity contribution in [1.29, 1.82) is 5.26 Å². The van der Waals surface area contributed by atoms with Gasteiger partial charge in [-0.15, -0.1) is 0 Å². The van der Waals surface area contributed by atoms with Crippen LogP contribution in [0.3, 0.4) is 0 Å². The molecule has 4 heterocycles. The molecule has 0 bridgehead atoms. The van der Waals surface area contributed by atoms with Crippen molar-refractivity contribution in [3.8, 4) is 28.8 Å². The number of para-hydroxylation sites is 1. The molecular formula is C27H21ClN6O3. The van der Waals surface area contributed by atoms with Crippen molar-refractivity contribution < 1.29 is 9.84 Å². The van der Waals surface area contributed by atoms with Gasteiger partial charge in [0.25, 0.3) is 5.56 Å². The Balaban J connectivity index is 1.54. The van der Waals surface area contributed by atoms with Crippen LogP contribution >= 0.6 is 11.6 Å². The number of aromatic amines is 1. The number of ether oxygens (including phenoxy) is 1. The monoisotopic (exact) mass is 512 g/mol. The lowest BCUT2D eigenvalue weighted by Crippen LogP contribution is -2.26. The third-order valence-corrected chi connectivity index (χ3v) is 6.47. The molecule has 9 nitrogen and oxygen atoms in total. The van der Waals surface area contributed by atoms with Gasteiger partial charge in [0.15, 0.2) is 5.75 Å². The van der Waals surface area contributed by atoms with E-state index in [9.17, 15) is 15.2 Å². The van der Waals surface area contributed by atoms with Gasteiger partial charge in [-0.2, -0.15) is 10.4 Å². The molecule has 0 radical (unpaired) electrons. The summed E-state index contributed by atoms with van der Waals surface area (Å²) in [5.41, 5.74) is 3.27. The standard InChI is InChI=1S/C27H21ClN6O3/c1-15-11-19(25-22(35)13-31-33-25)18-6-3-7-23(26(18)32-15)37-14-20-21(28)8-9-30-24(20)16(2)34-10-4-5-17(12-29)27(34)36/h3-11,13,16,35H,14H2,1-2H3,(H,31,33). The van der Waals surface area contributed by atoms with Gasteiger partial charge in [-0.25, -0.2) is 4.98 Å². The van der Waals surface area contributed by atoms with E-state index in [0.717, 1.165) is 16.6 Å². The molecule has 184 valence electrons. The van der Waals surface area contributed by atoms with E-state index in [1.807, 2.05) is 38.1 Å². The molecule has 0 fully saturated rings. The number of nitrogens with one attached hydrogen (secondary N) is 1. The largest absolute Gasteiger partial charge is 0.504 e. The number of aromatic nitrogens is 5. The summed E-state index contributed by atoms with van der Waals surface area (Å²) >= 11 is 6.56. The molecule has 0 aliphatic carbocycles. The maximum Gasteiger partial charge on any atom is 0.269 e. The van der Waals surface area contributed by atoms with Crippen LogP contribution < -0.4 is 10.3 Å². The fourth-order valence-electron chi connectivity index (χ4n) is 4.31. The molecular weight excluding hydrogens is 492 g/mol. The topological polar surface area (TPSA) is 130 Å².